The minimum Gasteiger partial charge on any atom is -0.507 e. The summed E-state index contributed by atoms with van der Waals surface area (Å²) in [4.78, 5) is 68.5. The van der Waals surface area contributed by atoms with Crippen LogP contribution in [-0.4, -0.2) is 87.9 Å². The van der Waals surface area contributed by atoms with Gasteiger partial charge in [-0.25, -0.2) is 0 Å². The van der Waals surface area contributed by atoms with Crippen LogP contribution in [0.1, 0.15) is 27.4 Å². The molecule has 41 heavy (non-hydrogen) atoms. The standard InChI is InChI=1S/C29H28N2O10/c1-31(2)22-21-24(34)18-13(8-11-6-7-15-16(9-11)41-10-40-15)12-4-3-5-14(32)17(12)23(33)19(18)26(36)29(21,39)27(37)20(25(22)35)28(30)38/h3-7,9,13,18-22,24,32,34,39H,8,10H2,1-2H3,(H2,30,38). The summed E-state index contributed by atoms with van der Waals surface area (Å²) >= 11 is 0. The molecule has 8 atom stereocenters. The number of nitrogens with zero attached hydrogens (tertiary/aromatic N) is 1. The molecule has 0 saturated heterocycles. The van der Waals surface area contributed by atoms with E-state index < -0.39 is 82.1 Å². The van der Waals surface area contributed by atoms with Gasteiger partial charge in [-0.1, -0.05) is 18.2 Å². The summed E-state index contributed by atoms with van der Waals surface area (Å²) in [5.41, 5.74) is 3.23. The van der Waals surface area contributed by atoms with E-state index in [4.69, 9.17) is 15.2 Å². The third-order valence-electron chi connectivity index (χ3n) is 9.04. The van der Waals surface area contributed by atoms with Crippen molar-refractivity contribution in [2.24, 2.45) is 29.4 Å². The maximum Gasteiger partial charge on any atom is 0.235 e. The summed E-state index contributed by atoms with van der Waals surface area (Å²) in [5.74, 6) is -12.8. The summed E-state index contributed by atoms with van der Waals surface area (Å²) in [6.07, 6.45) is -1.56. The van der Waals surface area contributed by atoms with E-state index in [9.17, 15) is 39.3 Å². The first-order valence-corrected chi connectivity index (χ1v) is 13.1. The van der Waals surface area contributed by atoms with Crippen LogP contribution in [0.5, 0.6) is 17.2 Å². The van der Waals surface area contributed by atoms with Gasteiger partial charge < -0.3 is 30.5 Å². The number of phenols is 1. The van der Waals surface area contributed by atoms with Crippen molar-refractivity contribution in [3.05, 3.63) is 53.1 Å². The fourth-order valence-electron chi connectivity index (χ4n) is 7.33. The number of aliphatic hydroxyl groups is 2. The van der Waals surface area contributed by atoms with Gasteiger partial charge in [0.1, 0.15) is 5.75 Å². The Kier molecular flexibility index (Phi) is 6.07. The Balaban J connectivity index is 1.54. The van der Waals surface area contributed by atoms with Crippen molar-refractivity contribution in [2.45, 2.75) is 30.1 Å². The van der Waals surface area contributed by atoms with E-state index in [1.54, 1.807) is 24.3 Å². The molecule has 6 rings (SSSR count). The molecule has 0 aromatic heterocycles. The van der Waals surface area contributed by atoms with Crippen LogP contribution in [-0.2, 0) is 25.6 Å². The molecule has 2 fully saturated rings. The highest BCUT2D eigenvalue weighted by Crippen LogP contribution is 2.55. The fourth-order valence-corrected chi connectivity index (χ4v) is 7.33. The predicted molar refractivity (Wildman–Crippen MR) is 138 cm³/mol. The highest BCUT2D eigenvalue weighted by Gasteiger charge is 2.73. The molecule has 12 nitrogen and oxygen atoms in total. The molecule has 214 valence electrons. The number of fused-ring (bicyclic) bond motifs is 4. The summed E-state index contributed by atoms with van der Waals surface area (Å²) in [5, 5.41) is 34.5. The molecule has 8 unspecified atom stereocenters. The zero-order valence-electron chi connectivity index (χ0n) is 22.1. The van der Waals surface area contributed by atoms with Crippen molar-refractivity contribution < 1.29 is 48.8 Å². The van der Waals surface area contributed by atoms with E-state index in [2.05, 4.69) is 0 Å². The SMILES string of the molecule is CN(C)C1C(=O)C(C(N)=O)C(=O)C2(O)C(=O)C3C(=O)c4c(O)cccc4C(Cc4ccc5c(c4)OCO5)C3C(O)C12. The molecular weight excluding hydrogens is 536 g/mol. The van der Waals surface area contributed by atoms with Crippen LogP contribution in [0.4, 0.5) is 0 Å². The first-order valence-electron chi connectivity index (χ1n) is 13.1. The van der Waals surface area contributed by atoms with Crippen LogP contribution < -0.4 is 15.2 Å². The topological polar surface area (TPSA) is 194 Å². The Morgan fingerprint density at radius 3 is 2.46 bits per heavy atom. The van der Waals surface area contributed by atoms with Gasteiger partial charge in [0.15, 0.2) is 46.2 Å². The van der Waals surface area contributed by atoms with Crippen molar-refractivity contribution in [1.82, 2.24) is 4.90 Å². The first-order chi connectivity index (χ1) is 19.4. The van der Waals surface area contributed by atoms with Gasteiger partial charge >= 0.3 is 0 Å². The number of Topliss-reactive ketones (excluding diaryl/α,β-unsaturated/α-hetero) is 4. The molecule has 1 amide bonds. The van der Waals surface area contributed by atoms with Crippen LogP contribution in [0, 0.1) is 23.7 Å². The second-order valence-corrected chi connectivity index (χ2v) is 11.3. The average molecular weight is 565 g/mol. The molecule has 4 aliphatic rings. The number of primary amides is 1. The number of hydrogen-bond acceptors (Lipinski definition) is 11. The quantitative estimate of drug-likeness (QED) is 0.345. The molecule has 2 saturated carbocycles. The minimum absolute atomic E-state index is 0.0475. The molecule has 1 heterocycles. The second kappa shape index (κ2) is 9.20. The van der Waals surface area contributed by atoms with Gasteiger partial charge in [-0.2, -0.15) is 0 Å². The Morgan fingerprint density at radius 1 is 1.07 bits per heavy atom. The average Bonchev–Trinajstić information content (AvgIpc) is 3.38. The van der Waals surface area contributed by atoms with Gasteiger partial charge in [0.2, 0.25) is 12.7 Å². The first kappa shape index (κ1) is 27.1. The normalized spacial score (nSPS) is 33.8. The number of aliphatic hydroxyl groups excluding tert-OH is 1. The van der Waals surface area contributed by atoms with E-state index in [0.29, 0.717) is 22.6 Å². The molecule has 1 aliphatic heterocycles. The predicted octanol–water partition coefficient (Wildman–Crippen LogP) is -0.650. The lowest BCUT2D eigenvalue weighted by molar-refractivity contribution is -0.197. The smallest absolute Gasteiger partial charge is 0.235 e. The van der Waals surface area contributed by atoms with Gasteiger partial charge in [0.25, 0.3) is 0 Å². The van der Waals surface area contributed by atoms with Crippen molar-refractivity contribution in [3.8, 4) is 17.2 Å². The Bertz CT molecular complexity index is 1540. The Hall–Kier alpha value is -4.13. The van der Waals surface area contributed by atoms with Crippen LogP contribution in [0.15, 0.2) is 36.4 Å². The van der Waals surface area contributed by atoms with E-state index >= 15 is 0 Å². The third-order valence-corrected chi connectivity index (χ3v) is 9.04. The van der Waals surface area contributed by atoms with E-state index in [-0.39, 0.29) is 18.8 Å². The van der Waals surface area contributed by atoms with Crippen molar-refractivity contribution in [3.63, 3.8) is 0 Å². The number of aromatic hydroxyl groups is 1. The molecular formula is C29H28N2O10. The van der Waals surface area contributed by atoms with Gasteiger partial charge in [0, 0.05) is 5.92 Å². The largest absolute Gasteiger partial charge is 0.507 e. The maximum absolute atomic E-state index is 14.2. The van der Waals surface area contributed by atoms with Crippen LogP contribution in [0.3, 0.4) is 0 Å². The van der Waals surface area contributed by atoms with Crippen LogP contribution in [0.2, 0.25) is 0 Å². The number of likely N-dealkylation sites (N-methyl/N-ethyl adjacent to an activating group) is 1. The zero-order chi connectivity index (χ0) is 29.5. The number of nitrogens with two attached hydrogens (primary N) is 1. The lowest BCUT2D eigenvalue weighted by Gasteiger charge is -2.56. The molecule has 12 heteroatoms. The number of hydrogen-bond donors (Lipinski definition) is 4. The zero-order valence-corrected chi connectivity index (χ0v) is 22.1. The number of rotatable bonds is 4. The van der Waals surface area contributed by atoms with Crippen LogP contribution >= 0.6 is 0 Å². The number of carbonyl (C=O) groups excluding carboxylic acids is 5. The van der Waals surface area contributed by atoms with Crippen molar-refractivity contribution in [1.29, 1.82) is 0 Å². The van der Waals surface area contributed by atoms with E-state index in [1.807, 2.05) is 0 Å². The van der Waals surface area contributed by atoms with Gasteiger partial charge in [0.05, 0.1) is 29.5 Å². The number of benzene rings is 2. The van der Waals surface area contributed by atoms with E-state index in [0.717, 1.165) is 0 Å². The Labute approximate surface area is 233 Å². The lowest BCUT2D eigenvalue weighted by atomic mass is 9.49. The number of carbonyl (C=O) groups is 5. The summed E-state index contributed by atoms with van der Waals surface area (Å²) in [6.45, 7) is 0.0475. The highest BCUT2D eigenvalue weighted by molar-refractivity contribution is 6.32. The third kappa shape index (κ3) is 3.60. The maximum atomic E-state index is 14.2. The summed E-state index contributed by atoms with van der Waals surface area (Å²) < 4.78 is 10.9. The fraction of sp³-hybridized carbons (Fsp3) is 0.414. The van der Waals surface area contributed by atoms with Crippen LogP contribution in [0.25, 0.3) is 0 Å². The summed E-state index contributed by atoms with van der Waals surface area (Å²) in [6, 6.07) is 8.20. The highest BCUT2D eigenvalue weighted by atomic mass is 16.7. The molecule has 2 aromatic carbocycles. The lowest BCUT2D eigenvalue weighted by Crippen LogP contribution is -2.77. The number of ketones is 4. The molecule has 0 radical (unpaired) electrons. The molecule has 2 aromatic rings. The second-order valence-electron chi connectivity index (χ2n) is 11.3. The summed E-state index contributed by atoms with van der Waals surface area (Å²) in [7, 11) is 2.90. The Morgan fingerprint density at radius 2 is 1.78 bits per heavy atom. The van der Waals surface area contributed by atoms with Crippen molar-refractivity contribution in [2.75, 3.05) is 20.9 Å². The van der Waals surface area contributed by atoms with E-state index in [1.165, 1.54) is 31.1 Å². The number of phenolic OH excluding ortho intramolecular Hbond substituents is 1. The van der Waals surface area contributed by atoms with Crippen molar-refractivity contribution >= 4 is 29.0 Å². The number of amides is 1. The monoisotopic (exact) mass is 564 g/mol. The molecule has 5 N–H and O–H groups in total. The molecule has 3 aliphatic carbocycles. The van der Waals surface area contributed by atoms with Gasteiger partial charge in [-0.05, 0) is 55.8 Å². The minimum atomic E-state index is -3.05. The molecule has 0 bridgehead atoms. The van der Waals surface area contributed by atoms with Gasteiger partial charge in [-0.3, -0.25) is 28.9 Å². The number of ether oxygens (including phenoxy) is 2. The van der Waals surface area contributed by atoms with Gasteiger partial charge in [-0.15, -0.1) is 0 Å². The molecule has 0 spiro atoms.